The Morgan fingerprint density at radius 3 is 2.62 bits per heavy atom. The molecule has 1 aliphatic heterocycles. The summed E-state index contributed by atoms with van der Waals surface area (Å²) in [5.74, 6) is -0.334. The highest BCUT2D eigenvalue weighted by atomic mass is 16.2. The van der Waals surface area contributed by atoms with Crippen LogP contribution in [0.1, 0.15) is 23.2 Å². The summed E-state index contributed by atoms with van der Waals surface area (Å²) in [6.45, 7) is 0.639. The molecule has 1 fully saturated rings. The van der Waals surface area contributed by atoms with E-state index in [1.165, 1.54) is 6.07 Å². The van der Waals surface area contributed by atoms with Crippen LogP contribution >= 0.6 is 0 Å². The monoisotopic (exact) mass is 347 g/mol. The molecule has 0 spiro atoms. The van der Waals surface area contributed by atoms with Crippen molar-refractivity contribution in [1.82, 2.24) is 4.98 Å². The van der Waals surface area contributed by atoms with E-state index in [1.807, 2.05) is 18.2 Å². The molecule has 0 radical (unpaired) electrons. The van der Waals surface area contributed by atoms with Gasteiger partial charge in [0.05, 0.1) is 16.9 Å². The normalized spacial score (nSPS) is 14.0. The first-order valence-electron chi connectivity index (χ1n) is 8.46. The van der Waals surface area contributed by atoms with Gasteiger partial charge in [-0.3, -0.25) is 14.4 Å². The number of nitrogens with one attached hydrogen (secondary N) is 2. The number of para-hydroxylation sites is 3. The summed E-state index contributed by atoms with van der Waals surface area (Å²) in [5, 5.41) is 3.52. The molecule has 130 valence electrons. The SMILES string of the molecule is O=C(Nc1ccccc1N1CCCC1=O)c1cc(=O)[nH]c2ccccc12. The molecule has 6 nitrogen and oxygen atoms in total. The van der Waals surface area contributed by atoms with Crippen molar-refractivity contribution in [3.8, 4) is 0 Å². The van der Waals surface area contributed by atoms with E-state index in [0.717, 1.165) is 6.42 Å². The van der Waals surface area contributed by atoms with Crippen molar-refractivity contribution in [2.75, 3.05) is 16.8 Å². The summed E-state index contributed by atoms with van der Waals surface area (Å²) in [5.41, 5.74) is 1.80. The van der Waals surface area contributed by atoms with Gasteiger partial charge in [0, 0.05) is 29.9 Å². The zero-order chi connectivity index (χ0) is 18.1. The molecule has 2 amide bonds. The van der Waals surface area contributed by atoms with Crippen LogP contribution in [0.15, 0.2) is 59.4 Å². The minimum absolute atomic E-state index is 0.0494. The van der Waals surface area contributed by atoms with Crippen LogP contribution in [0.5, 0.6) is 0 Å². The van der Waals surface area contributed by atoms with Gasteiger partial charge in [0.2, 0.25) is 11.5 Å². The Kier molecular flexibility index (Phi) is 4.01. The highest BCUT2D eigenvalue weighted by Crippen LogP contribution is 2.30. The minimum atomic E-state index is -0.383. The van der Waals surface area contributed by atoms with Crippen molar-refractivity contribution in [3.63, 3.8) is 0 Å². The molecule has 0 atom stereocenters. The second kappa shape index (κ2) is 6.48. The number of nitrogens with zero attached hydrogens (tertiary/aromatic N) is 1. The van der Waals surface area contributed by atoms with E-state index in [9.17, 15) is 14.4 Å². The maximum atomic E-state index is 12.9. The average Bonchev–Trinajstić information content (AvgIpc) is 3.07. The number of rotatable bonds is 3. The van der Waals surface area contributed by atoms with Crippen molar-refractivity contribution in [3.05, 3.63) is 70.5 Å². The number of aromatic amines is 1. The Hall–Kier alpha value is -3.41. The van der Waals surface area contributed by atoms with Crippen LogP contribution in [0.4, 0.5) is 11.4 Å². The van der Waals surface area contributed by atoms with Crippen LogP contribution in [-0.2, 0) is 4.79 Å². The lowest BCUT2D eigenvalue weighted by Gasteiger charge is -2.20. The Balaban J connectivity index is 1.72. The van der Waals surface area contributed by atoms with Crippen LogP contribution in [0, 0.1) is 0 Å². The van der Waals surface area contributed by atoms with E-state index in [2.05, 4.69) is 10.3 Å². The number of benzene rings is 2. The number of anilines is 2. The Bertz CT molecular complexity index is 1070. The third kappa shape index (κ3) is 2.86. The van der Waals surface area contributed by atoms with Gasteiger partial charge in [-0.25, -0.2) is 0 Å². The fraction of sp³-hybridized carbons (Fsp3) is 0.150. The smallest absolute Gasteiger partial charge is 0.256 e. The minimum Gasteiger partial charge on any atom is -0.322 e. The zero-order valence-corrected chi connectivity index (χ0v) is 14.0. The van der Waals surface area contributed by atoms with Crippen molar-refractivity contribution in [2.45, 2.75) is 12.8 Å². The second-order valence-electron chi connectivity index (χ2n) is 6.21. The predicted octanol–water partition coefficient (Wildman–Crippen LogP) is 2.91. The first kappa shape index (κ1) is 16.1. The van der Waals surface area contributed by atoms with Crippen LogP contribution in [0.3, 0.4) is 0 Å². The summed E-state index contributed by atoms with van der Waals surface area (Å²) >= 11 is 0. The lowest BCUT2D eigenvalue weighted by atomic mass is 10.1. The molecule has 2 heterocycles. The van der Waals surface area contributed by atoms with Gasteiger partial charge in [0.15, 0.2) is 0 Å². The Morgan fingerprint density at radius 2 is 1.81 bits per heavy atom. The number of H-pyrrole nitrogens is 1. The number of fused-ring (bicyclic) bond motifs is 1. The molecule has 26 heavy (non-hydrogen) atoms. The Morgan fingerprint density at radius 1 is 1.04 bits per heavy atom. The number of pyridine rings is 1. The molecular formula is C20H17N3O3. The second-order valence-corrected chi connectivity index (χ2v) is 6.21. The first-order chi connectivity index (χ1) is 12.6. The zero-order valence-electron chi connectivity index (χ0n) is 14.0. The number of carbonyl (C=O) groups excluding carboxylic acids is 2. The summed E-state index contributed by atoms with van der Waals surface area (Å²) in [6.07, 6.45) is 1.32. The number of carbonyl (C=O) groups is 2. The highest BCUT2D eigenvalue weighted by molar-refractivity contribution is 6.14. The van der Waals surface area contributed by atoms with E-state index < -0.39 is 0 Å². The molecule has 2 N–H and O–H groups in total. The van der Waals surface area contributed by atoms with Gasteiger partial charge in [-0.05, 0) is 24.6 Å². The molecule has 1 aliphatic rings. The van der Waals surface area contributed by atoms with E-state index in [4.69, 9.17) is 0 Å². The lowest BCUT2D eigenvalue weighted by Crippen LogP contribution is -2.26. The van der Waals surface area contributed by atoms with Crippen LogP contribution in [0.25, 0.3) is 10.9 Å². The largest absolute Gasteiger partial charge is 0.322 e. The van der Waals surface area contributed by atoms with Gasteiger partial charge in [-0.15, -0.1) is 0 Å². The van der Waals surface area contributed by atoms with E-state index in [1.54, 1.807) is 35.2 Å². The molecule has 1 saturated heterocycles. The van der Waals surface area contributed by atoms with Crippen molar-refractivity contribution >= 4 is 34.1 Å². The number of hydrogen-bond acceptors (Lipinski definition) is 3. The van der Waals surface area contributed by atoms with Crippen LogP contribution in [-0.4, -0.2) is 23.3 Å². The maximum Gasteiger partial charge on any atom is 0.256 e. The first-order valence-corrected chi connectivity index (χ1v) is 8.46. The molecule has 0 aliphatic carbocycles. The third-order valence-corrected chi connectivity index (χ3v) is 4.51. The lowest BCUT2D eigenvalue weighted by molar-refractivity contribution is -0.117. The van der Waals surface area contributed by atoms with Crippen LogP contribution in [0.2, 0.25) is 0 Å². The molecule has 0 unspecified atom stereocenters. The van der Waals surface area contributed by atoms with Gasteiger partial charge >= 0.3 is 0 Å². The third-order valence-electron chi connectivity index (χ3n) is 4.51. The molecule has 0 saturated carbocycles. The predicted molar refractivity (Wildman–Crippen MR) is 101 cm³/mol. The summed E-state index contributed by atoms with van der Waals surface area (Å²) in [7, 11) is 0. The topological polar surface area (TPSA) is 82.3 Å². The standard InChI is InChI=1S/C20H17N3O3/c24-18-12-14(13-6-1-2-7-15(13)21-18)20(26)22-16-8-3-4-9-17(16)23-11-5-10-19(23)25/h1-4,6-9,12H,5,10-11H2,(H,21,24)(H,22,26). The van der Waals surface area contributed by atoms with Crippen LogP contribution < -0.4 is 15.8 Å². The maximum absolute atomic E-state index is 12.9. The Labute approximate surface area is 149 Å². The van der Waals surface area contributed by atoms with E-state index in [0.29, 0.717) is 40.8 Å². The van der Waals surface area contributed by atoms with Gasteiger partial charge < -0.3 is 15.2 Å². The quantitative estimate of drug-likeness (QED) is 0.764. The highest BCUT2D eigenvalue weighted by Gasteiger charge is 2.24. The molecule has 2 aromatic carbocycles. The van der Waals surface area contributed by atoms with Crippen molar-refractivity contribution < 1.29 is 9.59 Å². The summed E-state index contributed by atoms with van der Waals surface area (Å²) < 4.78 is 0. The van der Waals surface area contributed by atoms with Crippen molar-refractivity contribution in [2.24, 2.45) is 0 Å². The fourth-order valence-corrected chi connectivity index (χ4v) is 3.30. The van der Waals surface area contributed by atoms with Gasteiger partial charge in [0.1, 0.15) is 0 Å². The summed E-state index contributed by atoms with van der Waals surface area (Å²) in [6, 6.07) is 15.7. The van der Waals surface area contributed by atoms with E-state index >= 15 is 0 Å². The summed E-state index contributed by atoms with van der Waals surface area (Å²) in [4.78, 5) is 41.2. The molecule has 6 heteroatoms. The van der Waals surface area contributed by atoms with Gasteiger partial charge in [-0.2, -0.15) is 0 Å². The van der Waals surface area contributed by atoms with Gasteiger partial charge in [0.25, 0.3) is 5.91 Å². The number of amides is 2. The van der Waals surface area contributed by atoms with E-state index in [-0.39, 0.29) is 17.4 Å². The molecule has 4 rings (SSSR count). The van der Waals surface area contributed by atoms with Gasteiger partial charge in [-0.1, -0.05) is 30.3 Å². The average molecular weight is 347 g/mol. The molecule has 3 aromatic rings. The molecule has 1 aromatic heterocycles. The molecule has 0 bridgehead atoms. The number of aromatic nitrogens is 1. The fourth-order valence-electron chi connectivity index (χ4n) is 3.30. The molecular weight excluding hydrogens is 330 g/mol. The van der Waals surface area contributed by atoms with Crippen molar-refractivity contribution in [1.29, 1.82) is 0 Å². The number of hydrogen-bond donors (Lipinski definition) is 2.